The highest BCUT2D eigenvalue weighted by Gasteiger charge is 2.21. The fourth-order valence-corrected chi connectivity index (χ4v) is 9.63. The van der Waals surface area contributed by atoms with Gasteiger partial charge in [0.15, 0.2) is 23.1 Å². The first-order chi connectivity index (χ1) is 28.2. The number of benzene rings is 8. The lowest BCUT2D eigenvalue weighted by Crippen LogP contribution is -2.00. The molecular formula is C51H30N4OS. The molecular weight excluding hydrogens is 717 g/mol. The normalized spacial score (nSPS) is 11.9. The highest BCUT2D eigenvalue weighted by Crippen LogP contribution is 2.42. The highest BCUT2D eigenvalue weighted by atomic mass is 32.1. The Morgan fingerprint density at radius 2 is 0.965 bits per heavy atom. The summed E-state index contributed by atoms with van der Waals surface area (Å²) in [5.41, 5.74) is 10.0. The molecule has 0 amide bonds. The summed E-state index contributed by atoms with van der Waals surface area (Å²) in [6.45, 7) is 0. The summed E-state index contributed by atoms with van der Waals surface area (Å²) in [6, 6.07) is 63.7. The van der Waals surface area contributed by atoms with Crippen molar-refractivity contribution in [3.05, 3.63) is 182 Å². The van der Waals surface area contributed by atoms with E-state index in [1.165, 1.54) is 42.1 Å². The van der Waals surface area contributed by atoms with Gasteiger partial charge < -0.3 is 8.98 Å². The second-order valence-electron chi connectivity index (χ2n) is 14.4. The number of rotatable bonds is 5. The maximum Gasteiger partial charge on any atom is 0.164 e. The monoisotopic (exact) mass is 746 g/mol. The number of hydrogen-bond donors (Lipinski definition) is 0. The third-order valence-electron chi connectivity index (χ3n) is 11.1. The molecule has 0 aliphatic rings. The van der Waals surface area contributed by atoms with Crippen molar-refractivity contribution >= 4 is 75.3 Å². The first kappa shape index (κ1) is 31.9. The van der Waals surface area contributed by atoms with Gasteiger partial charge in [-0.2, -0.15) is 0 Å². The molecule has 4 heterocycles. The van der Waals surface area contributed by atoms with Crippen molar-refractivity contribution in [3.8, 4) is 51.0 Å². The van der Waals surface area contributed by atoms with Crippen LogP contribution in [0.25, 0.3) is 115 Å². The van der Waals surface area contributed by atoms with Gasteiger partial charge in [-0.05, 0) is 47.5 Å². The number of aromatic nitrogens is 4. The predicted octanol–water partition coefficient (Wildman–Crippen LogP) is 13.9. The molecule has 4 aromatic heterocycles. The molecule has 0 bridgehead atoms. The van der Waals surface area contributed by atoms with Gasteiger partial charge in [0, 0.05) is 58.4 Å². The first-order valence-corrected chi connectivity index (χ1v) is 19.8. The molecule has 0 unspecified atom stereocenters. The van der Waals surface area contributed by atoms with E-state index in [1.807, 2.05) is 42.5 Å². The van der Waals surface area contributed by atoms with Crippen LogP contribution >= 0.6 is 11.3 Å². The third kappa shape index (κ3) is 5.04. The van der Waals surface area contributed by atoms with Gasteiger partial charge >= 0.3 is 0 Å². The van der Waals surface area contributed by atoms with Gasteiger partial charge in [-0.25, -0.2) is 15.0 Å². The molecule has 0 aliphatic carbocycles. The third-order valence-corrected chi connectivity index (χ3v) is 12.2. The van der Waals surface area contributed by atoms with Gasteiger partial charge in [0.25, 0.3) is 0 Å². The van der Waals surface area contributed by atoms with E-state index < -0.39 is 0 Å². The van der Waals surface area contributed by atoms with Crippen LogP contribution in [0.1, 0.15) is 0 Å². The average molecular weight is 747 g/mol. The number of nitrogens with zero attached hydrogens (tertiary/aromatic N) is 4. The van der Waals surface area contributed by atoms with Gasteiger partial charge in [-0.1, -0.05) is 146 Å². The quantitative estimate of drug-likeness (QED) is 0.176. The molecule has 6 heteroatoms. The largest absolute Gasteiger partial charge is 0.454 e. The van der Waals surface area contributed by atoms with Gasteiger partial charge in [-0.15, -0.1) is 11.3 Å². The zero-order valence-corrected chi connectivity index (χ0v) is 31.2. The van der Waals surface area contributed by atoms with Gasteiger partial charge in [-0.3, -0.25) is 0 Å². The molecule has 0 fully saturated rings. The summed E-state index contributed by atoms with van der Waals surface area (Å²) in [5.74, 6) is 1.84. The van der Waals surface area contributed by atoms with Crippen LogP contribution in [0.15, 0.2) is 186 Å². The zero-order chi connectivity index (χ0) is 37.5. The molecule has 57 heavy (non-hydrogen) atoms. The molecule has 0 saturated heterocycles. The summed E-state index contributed by atoms with van der Waals surface area (Å²) in [6.07, 6.45) is 0. The summed E-state index contributed by atoms with van der Waals surface area (Å²) in [5, 5.41) is 6.87. The number of thiophene rings is 1. The first-order valence-electron chi connectivity index (χ1n) is 19.0. The minimum Gasteiger partial charge on any atom is -0.454 e. The summed E-state index contributed by atoms with van der Waals surface area (Å²) >= 11 is 1.80. The Morgan fingerprint density at radius 1 is 0.404 bits per heavy atom. The Morgan fingerprint density at radius 3 is 1.68 bits per heavy atom. The van der Waals surface area contributed by atoms with Crippen LogP contribution in [0.5, 0.6) is 0 Å². The van der Waals surface area contributed by atoms with Crippen molar-refractivity contribution in [1.29, 1.82) is 0 Å². The number of fused-ring (bicyclic) bond motifs is 9. The molecule has 12 rings (SSSR count). The van der Waals surface area contributed by atoms with Gasteiger partial charge in [0.05, 0.1) is 16.7 Å². The number of furan rings is 1. The molecule has 0 spiro atoms. The minimum atomic E-state index is 0.596. The molecule has 8 aromatic carbocycles. The summed E-state index contributed by atoms with van der Waals surface area (Å²) < 4.78 is 11.6. The highest BCUT2D eigenvalue weighted by molar-refractivity contribution is 7.25. The molecule has 0 saturated carbocycles. The Labute approximate surface area is 330 Å². The molecule has 0 radical (unpaired) electrons. The Kier molecular flexibility index (Phi) is 7.03. The van der Waals surface area contributed by atoms with E-state index in [2.05, 4.69) is 144 Å². The fourth-order valence-electron chi connectivity index (χ4n) is 8.45. The zero-order valence-electron chi connectivity index (χ0n) is 30.4. The molecule has 0 aliphatic heterocycles. The van der Waals surface area contributed by atoms with Crippen molar-refractivity contribution in [2.75, 3.05) is 0 Å². The van der Waals surface area contributed by atoms with Crippen molar-refractivity contribution in [2.45, 2.75) is 0 Å². The lowest BCUT2D eigenvalue weighted by Gasteiger charge is -2.10. The number of hydrogen-bond acceptors (Lipinski definition) is 5. The second-order valence-corrected chi connectivity index (χ2v) is 15.5. The van der Waals surface area contributed by atoms with E-state index in [9.17, 15) is 0 Å². The molecule has 12 aromatic rings. The summed E-state index contributed by atoms with van der Waals surface area (Å²) in [7, 11) is 0. The van der Waals surface area contributed by atoms with E-state index in [0.717, 1.165) is 55.3 Å². The lowest BCUT2D eigenvalue weighted by molar-refractivity contribution is 0.666. The van der Waals surface area contributed by atoms with Crippen LogP contribution in [-0.4, -0.2) is 19.5 Å². The molecule has 266 valence electrons. The van der Waals surface area contributed by atoms with Crippen molar-refractivity contribution in [2.24, 2.45) is 0 Å². The molecule has 0 atom stereocenters. The molecule has 0 N–H and O–H groups in total. The van der Waals surface area contributed by atoms with Crippen LogP contribution in [0, 0.1) is 0 Å². The van der Waals surface area contributed by atoms with Crippen molar-refractivity contribution in [1.82, 2.24) is 19.5 Å². The van der Waals surface area contributed by atoms with Crippen LogP contribution in [0.4, 0.5) is 0 Å². The summed E-state index contributed by atoms with van der Waals surface area (Å²) in [4.78, 5) is 15.5. The molecule has 5 nitrogen and oxygen atoms in total. The van der Waals surface area contributed by atoms with E-state index in [4.69, 9.17) is 19.4 Å². The fraction of sp³-hybridized carbons (Fsp3) is 0. The smallest absolute Gasteiger partial charge is 0.164 e. The van der Waals surface area contributed by atoms with Crippen molar-refractivity contribution < 1.29 is 4.42 Å². The standard InChI is InChI=1S/C51H30N4OS/c1-3-13-31(14-4-1)33-25-27-37-38-28-26-34(30-46(38)57-45(37)29-33)50-52-49(32-15-5-2-6-16-32)53-51(54-50)40-20-12-24-44-47(40)39-19-11-23-43(48(39)56-44)55-41-21-9-7-17-35(41)36-18-8-10-22-42(36)55/h1-30H. The maximum absolute atomic E-state index is 6.82. The van der Waals surface area contributed by atoms with E-state index >= 15 is 0 Å². The second kappa shape index (κ2) is 12.6. The Hall–Kier alpha value is -7.41. The van der Waals surface area contributed by atoms with Gasteiger partial charge in [0.1, 0.15) is 5.58 Å². The topological polar surface area (TPSA) is 56.7 Å². The van der Waals surface area contributed by atoms with Crippen LogP contribution < -0.4 is 0 Å². The van der Waals surface area contributed by atoms with Gasteiger partial charge in [0.2, 0.25) is 0 Å². The van der Waals surface area contributed by atoms with Crippen LogP contribution in [-0.2, 0) is 0 Å². The Balaban J connectivity index is 1.05. The minimum absolute atomic E-state index is 0.596. The predicted molar refractivity (Wildman–Crippen MR) is 236 cm³/mol. The number of para-hydroxylation sites is 3. The van der Waals surface area contributed by atoms with E-state index in [1.54, 1.807) is 11.3 Å². The van der Waals surface area contributed by atoms with Crippen molar-refractivity contribution in [3.63, 3.8) is 0 Å². The average Bonchev–Trinajstić information content (AvgIpc) is 3.96. The Bertz CT molecular complexity index is 3470. The lowest BCUT2D eigenvalue weighted by atomic mass is 10.0. The maximum atomic E-state index is 6.82. The van der Waals surface area contributed by atoms with Crippen LogP contribution in [0.3, 0.4) is 0 Å². The SMILES string of the molecule is c1ccc(-c2ccc3c(c2)sc2cc(-c4nc(-c5ccccc5)nc(-c5cccc6oc7c(-n8c9ccccc9c9ccccc98)cccc7c56)n4)ccc23)cc1. The van der Waals surface area contributed by atoms with E-state index in [0.29, 0.717) is 17.5 Å². The van der Waals surface area contributed by atoms with Crippen LogP contribution in [0.2, 0.25) is 0 Å². The van der Waals surface area contributed by atoms with E-state index in [-0.39, 0.29) is 0 Å².